The van der Waals surface area contributed by atoms with E-state index in [1.165, 1.54) is 82.4 Å². The molecule has 0 aliphatic heterocycles. The molecule has 1 nitrogen and oxygen atoms in total. The Kier molecular flexibility index (Phi) is 6.76. The quantitative estimate of drug-likeness (QED) is 0.186. The van der Waals surface area contributed by atoms with E-state index < -0.39 is 0 Å². The van der Waals surface area contributed by atoms with Crippen LogP contribution in [-0.2, 0) is 5.41 Å². The van der Waals surface area contributed by atoms with Crippen LogP contribution in [0.1, 0.15) is 26.3 Å². The van der Waals surface area contributed by atoms with Gasteiger partial charge in [-0.15, -0.1) is 0 Å². The van der Waals surface area contributed by atoms with Gasteiger partial charge in [-0.25, -0.2) is 0 Å². The molecule has 0 N–H and O–H groups in total. The monoisotopic (exact) mass is 589 g/mol. The van der Waals surface area contributed by atoms with Gasteiger partial charge in [-0.2, -0.15) is 0 Å². The predicted octanol–water partition coefficient (Wildman–Crippen LogP) is 12.5. The molecule has 0 bridgehead atoms. The molecule has 0 aliphatic carbocycles. The largest absolute Gasteiger partial charge is 0.265 e. The molecule has 1 aromatic heterocycles. The number of hydrogen-bond acceptors (Lipinski definition) is 1. The van der Waals surface area contributed by atoms with Crippen LogP contribution in [0.25, 0.3) is 76.8 Å². The normalized spacial score (nSPS) is 11.8. The molecular weight excluding hydrogens is 555 g/mol. The minimum Gasteiger partial charge on any atom is -0.265 e. The van der Waals surface area contributed by atoms with E-state index >= 15 is 0 Å². The molecule has 1 heteroatoms. The highest BCUT2D eigenvalue weighted by Crippen LogP contribution is 2.44. The summed E-state index contributed by atoms with van der Waals surface area (Å²) >= 11 is 0. The average molecular weight is 590 g/mol. The number of benzene rings is 7. The molecule has 0 saturated carbocycles. The second kappa shape index (κ2) is 11.1. The van der Waals surface area contributed by atoms with Crippen molar-refractivity contribution in [3.8, 4) is 44.5 Å². The van der Waals surface area contributed by atoms with E-state index in [0.29, 0.717) is 0 Å². The van der Waals surface area contributed by atoms with Crippen LogP contribution in [0.3, 0.4) is 0 Å². The van der Waals surface area contributed by atoms with Crippen molar-refractivity contribution in [1.82, 2.24) is 4.98 Å². The van der Waals surface area contributed by atoms with E-state index in [1.807, 2.05) is 12.4 Å². The van der Waals surface area contributed by atoms with Crippen molar-refractivity contribution in [1.29, 1.82) is 0 Å². The zero-order valence-electron chi connectivity index (χ0n) is 26.5. The minimum atomic E-state index is 0.117. The van der Waals surface area contributed by atoms with E-state index in [9.17, 15) is 0 Å². The van der Waals surface area contributed by atoms with Gasteiger partial charge in [-0.1, -0.05) is 142 Å². The minimum absolute atomic E-state index is 0.117. The highest BCUT2D eigenvalue weighted by atomic mass is 14.6. The van der Waals surface area contributed by atoms with Gasteiger partial charge in [0.05, 0.1) is 0 Å². The van der Waals surface area contributed by atoms with Crippen molar-refractivity contribution >= 4 is 32.3 Å². The Morgan fingerprint density at radius 3 is 1.33 bits per heavy atom. The fourth-order valence-electron chi connectivity index (χ4n) is 6.87. The van der Waals surface area contributed by atoms with Crippen molar-refractivity contribution in [2.24, 2.45) is 0 Å². The van der Waals surface area contributed by atoms with Gasteiger partial charge in [0.25, 0.3) is 0 Å². The van der Waals surface area contributed by atoms with Gasteiger partial charge < -0.3 is 0 Å². The summed E-state index contributed by atoms with van der Waals surface area (Å²) in [5.41, 5.74) is 11.3. The fourth-order valence-corrected chi connectivity index (χ4v) is 6.87. The van der Waals surface area contributed by atoms with E-state index in [4.69, 9.17) is 0 Å². The molecular formula is C45H35N. The Balaban J connectivity index is 1.27. The van der Waals surface area contributed by atoms with Crippen molar-refractivity contribution in [3.05, 3.63) is 164 Å². The van der Waals surface area contributed by atoms with E-state index in [1.54, 1.807) is 0 Å². The van der Waals surface area contributed by atoms with E-state index in [0.717, 1.165) is 0 Å². The summed E-state index contributed by atoms with van der Waals surface area (Å²) in [6.45, 7) is 6.81. The van der Waals surface area contributed by atoms with Crippen LogP contribution in [0.15, 0.2) is 158 Å². The first kappa shape index (κ1) is 28.0. The summed E-state index contributed by atoms with van der Waals surface area (Å²) in [6, 6.07) is 53.7. The van der Waals surface area contributed by atoms with E-state index in [-0.39, 0.29) is 5.41 Å². The van der Waals surface area contributed by atoms with Gasteiger partial charge in [0.15, 0.2) is 0 Å². The Morgan fingerprint density at radius 2 is 0.783 bits per heavy atom. The molecule has 0 spiro atoms. The SMILES string of the molecule is CC(C)(C)c1ccc(-c2c3ccccc3c(-c3ccc4ccc(-c5ccc(-c6ccncc6)cc5)cc4c3)c3ccccc23)cc1. The summed E-state index contributed by atoms with van der Waals surface area (Å²) in [4.78, 5) is 4.16. The second-order valence-corrected chi connectivity index (χ2v) is 13.3. The standard InChI is InChI=1S/C45H35N/c1-45(2,3)38-22-20-34(21-23-38)43-39-8-4-6-10-41(39)44(42-11-7-5-9-40(42)43)36-19-17-32-16-18-35(28-37(32)29-36)31-14-12-30(13-15-31)33-24-26-46-27-25-33/h4-29H,1-3H3. The number of pyridine rings is 1. The zero-order chi connectivity index (χ0) is 31.3. The molecule has 8 aromatic rings. The van der Waals surface area contributed by atoms with Crippen molar-refractivity contribution in [2.75, 3.05) is 0 Å². The van der Waals surface area contributed by atoms with Crippen LogP contribution in [0.2, 0.25) is 0 Å². The topological polar surface area (TPSA) is 12.9 Å². The first-order valence-electron chi connectivity index (χ1n) is 16.0. The molecule has 220 valence electrons. The lowest BCUT2D eigenvalue weighted by Gasteiger charge is -2.21. The first-order chi connectivity index (χ1) is 22.4. The summed E-state index contributed by atoms with van der Waals surface area (Å²) in [5, 5.41) is 7.59. The van der Waals surface area contributed by atoms with Gasteiger partial charge in [-0.3, -0.25) is 4.98 Å². The van der Waals surface area contributed by atoms with Crippen LogP contribution in [0.5, 0.6) is 0 Å². The van der Waals surface area contributed by atoms with Crippen molar-refractivity contribution < 1.29 is 0 Å². The molecule has 0 radical (unpaired) electrons. The van der Waals surface area contributed by atoms with Crippen LogP contribution in [-0.4, -0.2) is 4.98 Å². The molecule has 0 unspecified atom stereocenters. The first-order valence-corrected chi connectivity index (χ1v) is 16.0. The van der Waals surface area contributed by atoms with Crippen molar-refractivity contribution in [3.63, 3.8) is 0 Å². The smallest absolute Gasteiger partial charge is 0.0273 e. The average Bonchev–Trinajstić information content (AvgIpc) is 3.10. The number of aromatic nitrogens is 1. The summed E-state index contributed by atoms with van der Waals surface area (Å²) < 4.78 is 0. The third-order valence-electron chi connectivity index (χ3n) is 9.33. The molecule has 7 aromatic carbocycles. The molecule has 8 rings (SSSR count). The Bertz CT molecular complexity index is 2300. The fraction of sp³-hybridized carbons (Fsp3) is 0.0889. The molecule has 0 aliphatic rings. The maximum absolute atomic E-state index is 4.16. The predicted molar refractivity (Wildman–Crippen MR) is 197 cm³/mol. The lowest BCUT2D eigenvalue weighted by Crippen LogP contribution is -2.10. The van der Waals surface area contributed by atoms with Gasteiger partial charge in [0.1, 0.15) is 0 Å². The Labute approximate surface area is 270 Å². The zero-order valence-corrected chi connectivity index (χ0v) is 26.5. The second-order valence-electron chi connectivity index (χ2n) is 13.3. The van der Waals surface area contributed by atoms with Gasteiger partial charge in [0, 0.05) is 12.4 Å². The molecule has 0 atom stereocenters. The van der Waals surface area contributed by atoms with Gasteiger partial charge >= 0.3 is 0 Å². The van der Waals surface area contributed by atoms with Crippen LogP contribution in [0, 0.1) is 0 Å². The number of hydrogen-bond donors (Lipinski definition) is 0. The Hall–Kier alpha value is -5.53. The molecule has 0 fully saturated rings. The van der Waals surface area contributed by atoms with Gasteiger partial charge in [-0.05, 0) is 112 Å². The van der Waals surface area contributed by atoms with E-state index in [2.05, 4.69) is 171 Å². The number of fused-ring (bicyclic) bond motifs is 3. The lowest BCUT2D eigenvalue weighted by molar-refractivity contribution is 0.590. The number of rotatable bonds is 4. The summed E-state index contributed by atoms with van der Waals surface area (Å²) in [7, 11) is 0. The third-order valence-corrected chi connectivity index (χ3v) is 9.33. The molecule has 0 saturated heterocycles. The van der Waals surface area contributed by atoms with Crippen LogP contribution < -0.4 is 0 Å². The highest BCUT2D eigenvalue weighted by Gasteiger charge is 2.18. The lowest BCUT2D eigenvalue weighted by atomic mass is 9.83. The third kappa shape index (κ3) is 4.95. The number of nitrogens with zero attached hydrogens (tertiary/aromatic N) is 1. The van der Waals surface area contributed by atoms with Gasteiger partial charge in [0.2, 0.25) is 0 Å². The summed E-state index contributed by atoms with van der Waals surface area (Å²) in [5.74, 6) is 0. The Morgan fingerprint density at radius 1 is 0.370 bits per heavy atom. The molecule has 0 amide bonds. The van der Waals surface area contributed by atoms with Crippen molar-refractivity contribution in [2.45, 2.75) is 26.2 Å². The maximum Gasteiger partial charge on any atom is 0.0273 e. The van der Waals surface area contributed by atoms with Crippen LogP contribution >= 0.6 is 0 Å². The molecule has 46 heavy (non-hydrogen) atoms. The maximum atomic E-state index is 4.16. The van der Waals surface area contributed by atoms with Crippen LogP contribution in [0.4, 0.5) is 0 Å². The highest BCUT2D eigenvalue weighted by molar-refractivity contribution is 6.21. The molecule has 1 heterocycles. The summed E-state index contributed by atoms with van der Waals surface area (Å²) in [6.07, 6.45) is 3.68.